The minimum atomic E-state index is 0.373. The molecule has 0 unspecified atom stereocenters. The molecule has 0 spiro atoms. The third-order valence-corrected chi connectivity index (χ3v) is 6.66. The molecule has 1 radical (unpaired) electrons. The molecule has 0 rings (SSSR count). The van der Waals surface area contributed by atoms with Crippen molar-refractivity contribution in [3.8, 4) is 0 Å². The Hall–Kier alpha value is -0.0400. The second kappa shape index (κ2) is 29.0. The maximum absolute atomic E-state index is 8.75. The molecule has 0 saturated carbocycles. The van der Waals surface area contributed by atoms with Gasteiger partial charge in [0.15, 0.2) is 0 Å². The zero-order valence-corrected chi connectivity index (χ0v) is 21.0. The molecule has 0 atom stereocenters. The average molecular weight is 424 g/mol. The van der Waals surface area contributed by atoms with Gasteiger partial charge in [0.2, 0.25) is 0 Å². The number of aliphatic hydroxyl groups is 1. The Morgan fingerprint density at radius 2 is 0.433 bits per heavy atom. The lowest BCUT2D eigenvalue weighted by atomic mass is 10.0. The van der Waals surface area contributed by atoms with Crippen molar-refractivity contribution in [3.05, 3.63) is 6.92 Å². The molecule has 1 nitrogen and oxygen atoms in total. The first-order chi connectivity index (χ1) is 14.9. The van der Waals surface area contributed by atoms with Crippen molar-refractivity contribution in [1.82, 2.24) is 0 Å². The third-order valence-electron chi connectivity index (χ3n) is 6.66. The van der Waals surface area contributed by atoms with Crippen molar-refractivity contribution >= 4 is 0 Å². The summed E-state index contributed by atoms with van der Waals surface area (Å²) in [6, 6.07) is 0. The fourth-order valence-electron chi connectivity index (χ4n) is 4.53. The summed E-state index contributed by atoms with van der Waals surface area (Å²) >= 11 is 0. The van der Waals surface area contributed by atoms with E-state index in [9.17, 15) is 0 Å². The fourth-order valence-corrected chi connectivity index (χ4v) is 4.53. The van der Waals surface area contributed by atoms with Gasteiger partial charge in [-0.05, 0) is 6.42 Å². The molecule has 1 heteroatoms. The van der Waals surface area contributed by atoms with E-state index in [1.165, 1.54) is 161 Å². The van der Waals surface area contributed by atoms with Gasteiger partial charge in [0.25, 0.3) is 0 Å². The summed E-state index contributed by atoms with van der Waals surface area (Å²) in [4.78, 5) is 0. The standard InChI is InChI=1S/C29H59O/c1-2-3-4-5-6-7-8-9-10-11-12-13-14-15-16-17-18-19-20-21-22-23-24-25-26-27-28-29-30/h30H,1-29H2. The summed E-state index contributed by atoms with van der Waals surface area (Å²) in [5.41, 5.74) is 0. The van der Waals surface area contributed by atoms with Gasteiger partial charge < -0.3 is 5.11 Å². The summed E-state index contributed by atoms with van der Waals surface area (Å²) < 4.78 is 0. The molecular formula is C29H59O. The van der Waals surface area contributed by atoms with Crippen LogP contribution in [-0.4, -0.2) is 11.7 Å². The Labute approximate surface area is 192 Å². The van der Waals surface area contributed by atoms with Crippen molar-refractivity contribution in [2.75, 3.05) is 6.61 Å². The fraction of sp³-hybridized carbons (Fsp3) is 0.966. The monoisotopic (exact) mass is 423 g/mol. The van der Waals surface area contributed by atoms with Crippen molar-refractivity contribution in [1.29, 1.82) is 0 Å². The molecule has 0 amide bonds. The molecule has 0 aliphatic heterocycles. The summed E-state index contributed by atoms with van der Waals surface area (Å²) in [6.07, 6.45) is 38.0. The maximum Gasteiger partial charge on any atom is 0.0431 e. The Balaban J connectivity index is 2.97. The lowest BCUT2D eigenvalue weighted by Crippen LogP contribution is -1.85. The molecule has 0 aromatic heterocycles. The van der Waals surface area contributed by atoms with Gasteiger partial charge in [-0.25, -0.2) is 0 Å². The van der Waals surface area contributed by atoms with Gasteiger partial charge in [-0.15, -0.1) is 0 Å². The number of unbranched alkanes of at least 4 members (excludes halogenated alkanes) is 26. The van der Waals surface area contributed by atoms with Gasteiger partial charge in [-0.2, -0.15) is 0 Å². The van der Waals surface area contributed by atoms with Gasteiger partial charge in [0.1, 0.15) is 0 Å². The second-order valence-corrected chi connectivity index (χ2v) is 9.77. The van der Waals surface area contributed by atoms with Crippen molar-refractivity contribution in [2.24, 2.45) is 0 Å². The highest BCUT2D eigenvalue weighted by Crippen LogP contribution is 2.16. The number of hydrogen-bond acceptors (Lipinski definition) is 1. The van der Waals surface area contributed by atoms with Crippen LogP contribution in [0.5, 0.6) is 0 Å². The molecule has 181 valence electrons. The topological polar surface area (TPSA) is 20.2 Å². The number of aliphatic hydroxyl groups excluding tert-OH is 1. The molecule has 1 N–H and O–H groups in total. The van der Waals surface area contributed by atoms with Crippen LogP contribution in [-0.2, 0) is 0 Å². The van der Waals surface area contributed by atoms with E-state index in [4.69, 9.17) is 5.11 Å². The summed E-state index contributed by atoms with van der Waals surface area (Å²) in [6.45, 7) is 4.29. The van der Waals surface area contributed by atoms with Crippen LogP contribution in [0.15, 0.2) is 0 Å². The SMILES string of the molecule is [CH2]CCCCCCCCCCCCCCCCCCCCCCCCCCCCO. The van der Waals surface area contributed by atoms with Gasteiger partial charge in [0.05, 0.1) is 0 Å². The normalized spacial score (nSPS) is 11.4. The summed E-state index contributed by atoms with van der Waals surface area (Å²) in [7, 11) is 0. The highest BCUT2D eigenvalue weighted by Gasteiger charge is 1.96. The molecule has 0 saturated heterocycles. The quantitative estimate of drug-likeness (QED) is 0.130. The third kappa shape index (κ3) is 28.0. The van der Waals surface area contributed by atoms with Gasteiger partial charge in [0, 0.05) is 6.61 Å². The highest BCUT2D eigenvalue weighted by molar-refractivity contribution is 4.52. The Kier molecular flexibility index (Phi) is 28.9. The molecule has 0 fully saturated rings. The van der Waals surface area contributed by atoms with Crippen molar-refractivity contribution in [2.45, 2.75) is 173 Å². The minimum Gasteiger partial charge on any atom is -0.396 e. The van der Waals surface area contributed by atoms with E-state index < -0.39 is 0 Å². The molecule has 0 aliphatic carbocycles. The average Bonchev–Trinajstić information content (AvgIpc) is 2.76. The van der Waals surface area contributed by atoms with Gasteiger partial charge in [-0.1, -0.05) is 174 Å². The first kappa shape index (κ1) is 30.0. The van der Waals surface area contributed by atoms with Crippen LogP contribution >= 0.6 is 0 Å². The highest BCUT2D eigenvalue weighted by atomic mass is 16.2. The molecular weight excluding hydrogens is 364 g/mol. The van der Waals surface area contributed by atoms with Crippen molar-refractivity contribution < 1.29 is 5.11 Å². The van der Waals surface area contributed by atoms with Gasteiger partial charge in [-0.3, -0.25) is 0 Å². The predicted molar refractivity (Wildman–Crippen MR) is 137 cm³/mol. The van der Waals surface area contributed by atoms with Crippen LogP contribution in [0.2, 0.25) is 0 Å². The molecule has 0 aromatic rings. The molecule has 0 heterocycles. The molecule has 0 aromatic carbocycles. The number of rotatable bonds is 27. The predicted octanol–water partition coefficient (Wildman–Crippen LogP) is 10.3. The van der Waals surface area contributed by atoms with Crippen LogP contribution in [0.4, 0.5) is 0 Å². The van der Waals surface area contributed by atoms with E-state index >= 15 is 0 Å². The van der Waals surface area contributed by atoms with E-state index in [1.54, 1.807) is 0 Å². The molecule has 0 aliphatic rings. The van der Waals surface area contributed by atoms with Crippen LogP contribution in [0.1, 0.15) is 173 Å². The van der Waals surface area contributed by atoms with Crippen molar-refractivity contribution in [3.63, 3.8) is 0 Å². The van der Waals surface area contributed by atoms with E-state index in [2.05, 4.69) is 6.92 Å². The second-order valence-electron chi connectivity index (χ2n) is 9.77. The van der Waals surface area contributed by atoms with E-state index in [0.29, 0.717) is 6.61 Å². The Morgan fingerprint density at radius 1 is 0.267 bits per heavy atom. The summed E-state index contributed by atoms with van der Waals surface area (Å²) in [5, 5.41) is 8.75. The Bertz CT molecular complexity index is 248. The molecule has 0 bridgehead atoms. The smallest absolute Gasteiger partial charge is 0.0431 e. The largest absolute Gasteiger partial charge is 0.396 e. The lowest BCUT2D eigenvalue weighted by Gasteiger charge is -2.04. The van der Waals surface area contributed by atoms with Crippen LogP contribution in [0.25, 0.3) is 0 Å². The van der Waals surface area contributed by atoms with E-state index in [0.717, 1.165) is 12.8 Å². The lowest BCUT2D eigenvalue weighted by molar-refractivity contribution is 0.282. The van der Waals surface area contributed by atoms with Crippen LogP contribution < -0.4 is 0 Å². The zero-order chi connectivity index (χ0) is 21.8. The first-order valence-corrected chi connectivity index (χ1v) is 14.3. The summed E-state index contributed by atoms with van der Waals surface area (Å²) in [5.74, 6) is 0. The van der Waals surface area contributed by atoms with Crippen LogP contribution in [0.3, 0.4) is 0 Å². The van der Waals surface area contributed by atoms with Gasteiger partial charge >= 0.3 is 0 Å². The van der Waals surface area contributed by atoms with E-state index in [1.807, 2.05) is 0 Å². The van der Waals surface area contributed by atoms with E-state index in [-0.39, 0.29) is 0 Å². The minimum absolute atomic E-state index is 0.373. The Morgan fingerprint density at radius 3 is 0.600 bits per heavy atom. The van der Waals surface area contributed by atoms with Crippen LogP contribution in [0, 0.1) is 6.92 Å². The number of hydrogen-bond donors (Lipinski definition) is 1. The maximum atomic E-state index is 8.75. The zero-order valence-electron chi connectivity index (χ0n) is 21.0. The molecule has 30 heavy (non-hydrogen) atoms. The first-order valence-electron chi connectivity index (χ1n) is 14.3.